The van der Waals surface area contributed by atoms with Gasteiger partial charge < -0.3 is 21.3 Å². The molecule has 0 amide bonds. The van der Waals surface area contributed by atoms with E-state index in [1.807, 2.05) is 11.9 Å². The number of halogens is 2. The van der Waals surface area contributed by atoms with E-state index in [9.17, 15) is 4.79 Å². The van der Waals surface area contributed by atoms with Crippen LogP contribution >= 0.6 is 23.2 Å². The molecule has 0 aliphatic heterocycles. The van der Waals surface area contributed by atoms with Gasteiger partial charge in [-0.3, -0.25) is 4.90 Å². The molecular weight excluding hydrogens is 341 g/mol. The molecule has 8 heteroatoms. The first-order chi connectivity index (χ1) is 10.7. The molecule has 0 saturated carbocycles. The molecule has 5 N–H and O–H groups in total. The lowest BCUT2D eigenvalue weighted by Gasteiger charge is -2.28. The Morgan fingerprint density at radius 2 is 1.65 bits per heavy atom. The number of carboxylic acid groups (broad SMARTS) is 1. The molecule has 0 heterocycles. The third kappa shape index (κ3) is 6.53. The van der Waals surface area contributed by atoms with E-state index in [1.165, 1.54) is 19.2 Å². The molecule has 0 aliphatic rings. The summed E-state index contributed by atoms with van der Waals surface area (Å²) in [6.07, 6.45) is 2.11. The van der Waals surface area contributed by atoms with E-state index in [0.717, 1.165) is 12.8 Å². The highest BCUT2D eigenvalue weighted by molar-refractivity contribution is 6.36. The van der Waals surface area contributed by atoms with Gasteiger partial charge in [-0.15, -0.1) is 0 Å². The smallest absolute Gasteiger partial charge is 0.341 e. The van der Waals surface area contributed by atoms with Gasteiger partial charge in [-0.05, 0) is 32.0 Å². The van der Waals surface area contributed by atoms with E-state index >= 15 is 0 Å². The first kappa shape index (κ1) is 21.9. The Bertz CT molecular complexity index is 505. The Balaban J connectivity index is 0.000000438. The second-order valence-corrected chi connectivity index (χ2v) is 5.67. The first-order valence-corrected chi connectivity index (χ1v) is 7.95. The minimum absolute atomic E-state index is 0.0849. The van der Waals surface area contributed by atoms with Gasteiger partial charge in [0.15, 0.2) is 5.75 Å². The Labute approximate surface area is 147 Å². The lowest BCUT2D eigenvalue weighted by atomic mass is 10.2. The average molecular weight is 366 g/mol. The predicted molar refractivity (Wildman–Crippen MR) is 94.3 cm³/mol. The first-order valence-electron chi connectivity index (χ1n) is 7.19. The average Bonchev–Trinajstić information content (AvgIpc) is 2.54. The van der Waals surface area contributed by atoms with E-state index in [-0.39, 0.29) is 33.7 Å². The van der Waals surface area contributed by atoms with E-state index in [4.69, 9.17) is 44.5 Å². The number of carboxylic acids is 1. The van der Waals surface area contributed by atoms with Crippen LogP contribution in [0, 0.1) is 0 Å². The minimum atomic E-state index is -1.16. The van der Waals surface area contributed by atoms with Gasteiger partial charge in [0.2, 0.25) is 0 Å². The molecule has 0 saturated heterocycles. The molecule has 0 fully saturated rings. The van der Waals surface area contributed by atoms with Gasteiger partial charge in [0.1, 0.15) is 5.56 Å². The van der Waals surface area contributed by atoms with Gasteiger partial charge in [-0.2, -0.15) is 0 Å². The number of rotatable bonds is 6. The monoisotopic (exact) mass is 365 g/mol. The summed E-state index contributed by atoms with van der Waals surface area (Å²) >= 11 is 11.4. The van der Waals surface area contributed by atoms with Crippen LogP contribution in [0.25, 0.3) is 0 Å². The van der Waals surface area contributed by atoms with Gasteiger partial charge in [0.25, 0.3) is 0 Å². The van der Waals surface area contributed by atoms with Crippen molar-refractivity contribution in [2.45, 2.75) is 39.0 Å². The molecule has 1 aromatic rings. The summed E-state index contributed by atoms with van der Waals surface area (Å²) in [6, 6.07) is 2.89. The Hall–Kier alpha value is -1.05. The van der Waals surface area contributed by atoms with Crippen molar-refractivity contribution >= 4 is 29.2 Å². The van der Waals surface area contributed by atoms with Crippen LogP contribution < -0.4 is 16.2 Å². The van der Waals surface area contributed by atoms with Crippen LogP contribution in [0.1, 0.15) is 37.0 Å². The second kappa shape index (κ2) is 10.7. The quantitative estimate of drug-likeness (QED) is 0.669. The molecule has 1 rings (SSSR count). The van der Waals surface area contributed by atoms with Crippen LogP contribution in [0.3, 0.4) is 0 Å². The minimum Gasteiger partial charge on any atom is -0.494 e. The van der Waals surface area contributed by atoms with Crippen molar-refractivity contribution in [1.82, 2.24) is 4.90 Å². The summed E-state index contributed by atoms with van der Waals surface area (Å²) in [7, 11) is 3.30. The summed E-state index contributed by atoms with van der Waals surface area (Å²) < 4.78 is 4.82. The molecule has 2 atom stereocenters. The standard InChI is InChI=1S/C8H6Cl2O3.C7H19N3/c1-13-7-5(10)3-2-4(9)6(7)8(11)12;1-4-6(8)10(3)7(9)5-2/h2-3H,1H3,(H,11,12);6-7H,4-5,8-9H2,1-3H3. The maximum atomic E-state index is 10.7. The van der Waals surface area contributed by atoms with Crippen LogP contribution in [-0.2, 0) is 0 Å². The zero-order valence-corrected chi connectivity index (χ0v) is 15.4. The number of hydrogen-bond donors (Lipinski definition) is 3. The van der Waals surface area contributed by atoms with Crippen molar-refractivity contribution in [3.63, 3.8) is 0 Å². The molecule has 1 aromatic carbocycles. The number of nitrogens with two attached hydrogens (primary N) is 2. The van der Waals surface area contributed by atoms with Crippen LogP contribution in [0.4, 0.5) is 0 Å². The van der Waals surface area contributed by atoms with E-state index in [1.54, 1.807) is 0 Å². The topological polar surface area (TPSA) is 102 Å². The van der Waals surface area contributed by atoms with Gasteiger partial charge in [-0.25, -0.2) is 4.79 Å². The number of aromatic carboxylic acids is 1. The molecule has 0 spiro atoms. The fourth-order valence-corrected chi connectivity index (χ4v) is 2.22. The summed E-state index contributed by atoms with van der Waals surface area (Å²) in [6.45, 7) is 4.12. The molecule has 0 aliphatic carbocycles. The van der Waals surface area contributed by atoms with E-state index < -0.39 is 5.97 Å². The third-order valence-corrected chi connectivity index (χ3v) is 3.97. The largest absolute Gasteiger partial charge is 0.494 e. The predicted octanol–water partition coefficient (Wildman–Crippen LogP) is 3.01. The SMILES string of the molecule is CCC(N)N(C)C(N)CC.COc1c(Cl)ccc(Cl)c1C(=O)O. The number of methoxy groups -OCH3 is 1. The number of ether oxygens (including phenoxy) is 1. The Kier molecular flexibility index (Phi) is 10.2. The van der Waals surface area contributed by atoms with Crippen molar-refractivity contribution < 1.29 is 14.6 Å². The lowest BCUT2D eigenvalue weighted by molar-refractivity contribution is 0.0693. The van der Waals surface area contributed by atoms with Crippen molar-refractivity contribution in [3.05, 3.63) is 27.7 Å². The molecule has 2 unspecified atom stereocenters. The summed E-state index contributed by atoms with van der Waals surface area (Å²) in [5, 5.41) is 9.11. The fourth-order valence-electron chi connectivity index (χ4n) is 1.75. The highest BCUT2D eigenvalue weighted by atomic mass is 35.5. The van der Waals surface area contributed by atoms with E-state index in [0.29, 0.717) is 0 Å². The number of benzene rings is 1. The Morgan fingerprint density at radius 1 is 1.22 bits per heavy atom. The van der Waals surface area contributed by atoms with Crippen molar-refractivity contribution in [3.8, 4) is 5.75 Å². The summed E-state index contributed by atoms with van der Waals surface area (Å²) in [5.74, 6) is -1.08. The number of hydrogen-bond acceptors (Lipinski definition) is 5. The van der Waals surface area contributed by atoms with Crippen molar-refractivity contribution in [2.24, 2.45) is 11.5 Å². The van der Waals surface area contributed by atoms with Gasteiger partial charge >= 0.3 is 5.97 Å². The summed E-state index contributed by atoms with van der Waals surface area (Å²) in [5.41, 5.74) is 11.4. The zero-order chi connectivity index (χ0) is 18.2. The van der Waals surface area contributed by atoms with Gasteiger partial charge in [0.05, 0.1) is 29.5 Å². The molecule has 0 aromatic heterocycles. The molecule has 0 radical (unpaired) electrons. The van der Waals surface area contributed by atoms with Gasteiger partial charge in [0, 0.05) is 0 Å². The van der Waals surface area contributed by atoms with Crippen LogP contribution in [-0.4, -0.2) is 42.5 Å². The van der Waals surface area contributed by atoms with Crippen LogP contribution in [0.2, 0.25) is 10.0 Å². The van der Waals surface area contributed by atoms with Gasteiger partial charge in [-0.1, -0.05) is 37.0 Å². The van der Waals surface area contributed by atoms with E-state index in [2.05, 4.69) is 13.8 Å². The molecular formula is C15H25Cl2N3O3. The van der Waals surface area contributed by atoms with Crippen LogP contribution in [0.15, 0.2) is 12.1 Å². The summed E-state index contributed by atoms with van der Waals surface area (Å²) in [4.78, 5) is 12.7. The lowest BCUT2D eigenvalue weighted by Crippen LogP contribution is -2.49. The highest BCUT2D eigenvalue weighted by Crippen LogP contribution is 2.33. The maximum absolute atomic E-state index is 10.7. The third-order valence-electron chi connectivity index (χ3n) is 3.36. The number of carbonyl (C=O) groups is 1. The Morgan fingerprint density at radius 3 is 1.96 bits per heavy atom. The highest BCUT2D eigenvalue weighted by Gasteiger charge is 2.18. The van der Waals surface area contributed by atoms with Crippen molar-refractivity contribution in [2.75, 3.05) is 14.2 Å². The molecule has 132 valence electrons. The normalized spacial score (nSPS) is 13.1. The molecule has 6 nitrogen and oxygen atoms in total. The van der Waals surface area contributed by atoms with Crippen LogP contribution in [0.5, 0.6) is 5.75 Å². The molecule has 23 heavy (non-hydrogen) atoms. The molecule has 0 bridgehead atoms. The van der Waals surface area contributed by atoms with Crippen molar-refractivity contribution in [1.29, 1.82) is 0 Å². The fraction of sp³-hybridized carbons (Fsp3) is 0.533. The second-order valence-electron chi connectivity index (χ2n) is 4.86. The number of nitrogens with zero attached hydrogens (tertiary/aromatic N) is 1. The zero-order valence-electron chi connectivity index (χ0n) is 13.8. The maximum Gasteiger partial charge on any atom is 0.341 e.